The van der Waals surface area contributed by atoms with Crippen LogP contribution in [0.5, 0.6) is 0 Å². The van der Waals surface area contributed by atoms with Gasteiger partial charge < -0.3 is 15.8 Å². The number of carbonyl (C=O) groups excluding carboxylic acids is 1. The second-order valence-electron chi connectivity index (χ2n) is 9.61. The van der Waals surface area contributed by atoms with E-state index in [2.05, 4.69) is 22.2 Å². The molecular formula is C23H28N6O2. The number of carbonyl (C=O) groups is 1. The zero-order valence-electron chi connectivity index (χ0n) is 18.4. The number of nitrogens with zero attached hydrogens (tertiary/aromatic N) is 4. The maximum absolute atomic E-state index is 12.2. The van der Waals surface area contributed by atoms with Crippen LogP contribution in [-0.2, 0) is 23.7 Å². The molecule has 0 amide bonds. The molecule has 8 heteroatoms. The number of nitrogens with two attached hydrogens (primary N) is 1. The quantitative estimate of drug-likeness (QED) is 0.621. The minimum atomic E-state index is -0.565. The Balaban J connectivity index is 1.49. The number of anilines is 2. The molecule has 3 aromatic rings. The number of nitrogens with one attached hydrogen (secondary N) is 1. The molecule has 0 unspecified atom stereocenters. The number of esters is 1. The van der Waals surface area contributed by atoms with Gasteiger partial charge >= 0.3 is 5.97 Å². The lowest BCUT2D eigenvalue weighted by molar-refractivity contribution is -0.00714. The van der Waals surface area contributed by atoms with Gasteiger partial charge in [-0.25, -0.2) is 14.8 Å². The first-order valence-electron chi connectivity index (χ1n) is 10.8. The highest BCUT2D eigenvalue weighted by Gasteiger charge is 2.39. The van der Waals surface area contributed by atoms with Crippen LogP contribution in [0.2, 0.25) is 0 Å². The lowest BCUT2D eigenvalue weighted by atomic mass is 9.70. The standard InChI is InChI=1S/C23H28N6O2/c1-22(2)11-16-14(21(30)31-22)8-9-18(26-16)27-19-10-15-17(12-25-19)29(4)28-20(15)23(3,24)13-6-5-7-13/h8-10,12-13H,5-7,11,24H2,1-4H3,(H,25,26,27)/t23-/m1/s1. The molecule has 1 aliphatic carbocycles. The van der Waals surface area contributed by atoms with Crippen molar-refractivity contribution >= 4 is 28.5 Å². The summed E-state index contributed by atoms with van der Waals surface area (Å²) in [5.74, 6) is 1.41. The second kappa shape index (κ2) is 6.75. The molecule has 2 aliphatic rings. The number of rotatable bonds is 4. The van der Waals surface area contributed by atoms with Crippen LogP contribution < -0.4 is 11.1 Å². The van der Waals surface area contributed by atoms with Gasteiger partial charge in [0.15, 0.2) is 0 Å². The molecule has 0 spiro atoms. The molecule has 31 heavy (non-hydrogen) atoms. The maximum atomic E-state index is 12.2. The molecule has 0 saturated heterocycles. The molecule has 3 aromatic heterocycles. The fourth-order valence-electron chi connectivity index (χ4n) is 4.59. The molecule has 0 aromatic carbocycles. The predicted octanol–water partition coefficient (Wildman–Crippen LogP) is 3.57. The van der Waals surface area contributed by atoms with E-state index in [0.29, 0.717) is 29.5 Å². The summed E-state index contributed by atoms with van der Waals surface area (Å²) < 4.78 is 7.30. The molecule has 4 heterocycles. The number of ether oxygens (including phenoxy) is 1. The van der Waals surface area contributed by atoms with E-state index in [0.717, 1.165) is 35.1 Å². The summed E-state index contributed by atoms with van der Waals surface area (Å²) in [5.41, 5.74) is 8.82. The van der Waals surface area contributed by atoms with Gasteiger partial charge in [-0.05, 0) is 57.7 Å². The van der Waals surface area contributed by atoms with Crippen LogP contribution in [0.3, 0.4) is 0 Å². The van der Waals surface area contributed by atoms with Gasteiger partial charge in [-0.2, -0.15) is 5.10 Å². The highest BCUT2D eigenvalue weighted by molar-refractivity contribution is 5.92. The first-order valence-corrected chi connectivity index (χ1v) is 10.8. The Bertz CT molecular complexity index is 1190. The van der Waals surface area contributed by atoms with Crippen molar-refractivity contribution in [1.82, 2.24) is 19.7 Å². The van der Waals surface area contributed by atoms with Crippen molar-refractivity contribution < 1.29 is 9.53 Å². The summed E-state index contributed by atoms with van der Waals surface area (Å²) in [4.78, 5) is 21.4. The Hall–Kier alpha value is -3.00. The Morgan fingerprint density at radius 1 is 1.29 bits per heavy atom. The largest absolute Gasteiger partial charge is 0.456 e. The predicted molar refractivity (Wildman–Crippen MR) is 118 cm³/mol. The van der Waals surface area contributed by atoms with Crippen LogP contribution in [0.4, 0.5) is 11.6 Å². The van der Waals surface area contributed by atoms with Crippen LogP contribution in [0, 0.1) is 5.92 Å². The third-order valence-electron chi connectivity index (χ3n) is 6.61. The Kier molecular flexibility index (Phi) is 4.34. The van der Waals surface area contributed by atoms with Crippen LogP contribution in [-0.4, -0.2) is 31.3 Å². The van der Waals surface area contributed by atoms with Gasteiger partial charge in [0.05, 0.1) is 34.2 Å². The van der Waals surface area contributed by atoms with Crippen LogP contribution in [0.1, 0.15) is 61.8 Å². The monoisotopic (exact) mass is 420 g/mol. The van der Waals surface area contributed by atoms with Gasteiger partial charge in [-0.1, -0.05) is 6.42 Å². The third kappa shape index (κ3) is 3.35. The molecule has 0 radical (unpaired) electrons. The van der Waals surface area contributed by atoms with E-state index in [1.807, 2.05) is 37.8 Å². The van der Waals surface area contributed by atoms with Crippen molar-refractivity contribution in [2.45, 2.75) is 57.6 Å². The van der Waals surface area contributed by atoms with E-state index in [1.165, 1.54) is 6.42 Å². The number of aryl methyl sites for hydroxylation is 1. The average Bonchev–Trinajstić information content (AvgIpc) is 2.95. The van der Waals surface area contributed by atoms with E-state index >= 15 is 0 Å². The zero-order valence-corrected chi connectivity index (χ0v) is 18.4. The molecule has 5 rings (SSSR count). The van der Waals surface area contributed by atoms with Crippen LogP contribution in [0.15, 0.2) is 24.4 Å². The zero-order chi connectivity index (χ0) is 22.0. The molecule has 3 N–H and O–H groups in total. The van der Waals surface area contributed by atoms with Gasteiger partial charge in [0.1, 0.15) is 17.2 Å². The summed E-state index contributed by atoms with van der Waals surface area (Å²) in [6, 6.07) is 5.51. The lowest BCUT2D eigenvalue weighted by Gasteiger charge is -2.39. The van der Waals surface area contributed by atoms with Crippen LogP contribution >= 0.6 is 0 Å². The Morgan fingerprint density at radius 2 is 2.06 bits per heavy atom. The van der Waals surface area contributed by atoms with Crippen molar-refractivity contribution in [2.75, 3.05) is 5.32 Å². The van der Waals surface area contributed by atoms with Crippen molar-refractivity contribution in [2.24, 2.45) is 18.7 Å². The van der Waals surface area contributed by atoms with Gasteiger partial charge in [-0.3, -0.25) is 4.68 Å². The molecule has 1 saturated carbocycles. The van der Waals surface area contributed by atoms with Crippen LogP contribution in [0.25, 0.3) is 10.9 Å². The highest BCUT2D eigenvalue weighted by atomic mass is 16.6. The summed E-state index contributed by atoms with van der Waals surface area (Å²) in [6.07, 6.45) is 5.88. The van der Waals surface area contributed by atoms with E-state index in [-0.39, 0.29) is 5.97 Å². The summed E-state index contributed by atoms with van der Waals surface area (Å²) >= 11 is 0. The number of hydrogen-bond acceptors (Lipinski definition) is 7. The van der Waals surface area contributed by atoms with E-state index in [4.69, 9.17) is 15.6 Å². The Labute approximate surface area is 181 Å². The van der Waals surface area contributed by atoms with Gasteiger partial charge in [0.25, 0.3) is 0 Å². The second-order valence-corrected chi connectivity index (χ2v) is 9.61. The lowest BCUT2D eigenvalue weighted by Crippen LogP contribution is -2.45. The Morgan fingerprint density at radius 3 is 2.77 bits per heavy atom. The maximum Gasteiger partial charge on any atom is 0.340 e. The first-order chi connectivity index (χ1) is 14.6. The minimum Gasteiger partial charge on any atom is -0.456 e. The number of pyridine rings is 2. The smallest absolute Gasteiger partial charge is 0.340 e. The minimum absolute atomic E-state index is 0.330. The molecule has 1 fully saturated rings. The number of aromatic nitrogens is 4. The topological polar surface area (TPSA) is 108 Å². The normalized spacial score (nSPS) is 20.0. The fraction of sp³-hybridized carbons (Fsp3) is 0.478. The first kappa shape index (κ1) is 19.9. The summed E-state index contributed by atoms with van der Waals surface area (Å²) in [6.45, 7) is 5.86. The molecule has 0 bridgehead atoms. The highest BCUT2D eigenvalue weighted by Crippen LogP contribution is 2.42. The number of hydrogen-bond donors (Lipinski definition) is 2. The third-order valence-corrected chi connectivity index (χ3v) is 6.61. The van der Waals surface area contributed by atoms with Crippen molar-refractivity contribution in [3.63, 3.8) is 0 Å². The molecule has 8 nitrogen and oxygen atoms in total. The van der Waals surface area contributed by atoms with Crippen molar-refractivity contribution in [3.05, 3.63) is 41.3 Å². The van der Waals surface area contributed by atoms with E-state index in [9.17, 15) is 4.79 Å². The van der Waals surface area contributed by atoms with Gasteiger partial charge in [0, 0.05) is 18.9 Å². The van der Waals surface area contributed by atoms with Crippen molar-refractivity contribution in [3.8, 4) is 0 Å². The van der Waals surface area contributed by atoms with E-state index in [1.54, 1.807) is 12.1 Å². The molecule has 1 atom stereocenters. The van der Waals surface area contributed by atoms with Gasteiger partial charge in [0.2, 0.25) is 0 Å². The van der Waals surface area contributed by atoms with Crippen molar-refractivity contribution in [1.29, 1.82) is 0 Å². The number of fused-ring (bicyclic) bond motifs is 2. The molecule has 1 aliphatic heterocycles. The fourth-order valence-corrected chi connectivity index (χ4v) is 4.59. The summed E-state index contributed by atoms with van der Waals surface area (Å²) in [7, 11) is 1.92. The SMILES string of the molecule is Cn1nc([C@](C)(N)C2CCC2)c2cc(Nc3ccc4c(n3)CC(C)(C)OC4=O)ncc21. The summed E-state index contributed by atoms with van der Waals surface area (Å²) in [5, 5.41) is 9.03. The number of cyclic esters (lactones) is 1. The molecular weight excluding hydrogens is 392 g/mol. The van der Waals surface area contributed by atoms with E-state index < -0.39 is 11.1 Å². The average molecular weight is 421 g/mol. The van der Waals surface area contributed by atoms with Gasteiger partial charge in [-0.15, -0.1) is 0 Å². The molecule has 162 valence electrons.